The SMILES string of the molecule is O=Cc1ccc(SC2CCCC2)s1. The minimum absolute atomic E-state index is 0.804. The van der Waals surface area contributed by atoms with Gasteiger partial charge in [-0.1, -0.05) is 12.8 Å². The van der Waals surface area contributed by atoms with Gasteiger partial charge in [-0.3, -0.25) is 4.79 Å². The van der Waals surface area contributed by atoms with Crippen molar-refractivity contribution >= 4 is 29.4 Å². The Morgan fingerprint density at radius 3 is 2.77 bits per heavy atom. The number of thioether (sulfide) groups is 1. The van der Waals surface area contributed by atoms with Crippen LogP contribution in [-0.4, -0.2) is 11.5 Å². The molecule has 0 unspecified atom stereocenters. The molecule has 0 bridgehead atoms. The predicted octanol–water partition coefficient (Wildman–Crippen LogP) is 3.60. The van der Waals surface area contributed by atoms with Crippen LogP contribution >= 0.6 is 23.1 Å². The van der Waals surface area contributed by atoms with Gasteiger partial charge in [0.05, 0.1) is 9.09 Å². The summed E-state index contributed by atoms with van der Waals surface area (Å²) in [6, 6.07) is 3.98. The van der Waals surface area contributed by atoms with Gasteiger partial charge in [0, 0.05) is 5.25 Å². The van der Waals surface area contributed by atoms with Crippen LogP contribution in [0.4, 0.5) is 0 Å². The molecule has 1 aliphatic carbocycles. The second-order valence-electron chi connectivity index (χ2n) is 3.30. The maximum Gasteiger partial charge on any atom is 0.160 e. The van der Waals surface area contributed by atoms with Gasteiger partial charge in [-0.15, -0.1) is 23.1 Å². The van der Waals surface area contributed by atoms with Gasteiger partial charge in [-0.2, -0.15) is 0 Å². The third-order valence-corrected chi connectivity index (χ3v) is 4.82. The minimum atomic E-state index is 0.804. The van der Waals surface area contributed by atoms with E-state index >= 15 is 0 Å². The Bertz CT molecular complexity index is 287. The Morgan fingerprint density at radius 1 is 1.38 bits per heavy atom. The van der Waals surface area contributed by atoms with Gasteiger partial charge in [-0.25, -0.2) is 0 Å². The van der Waals surface area contributed by atoms with Gasteiger partial charge in [0.2, 0.25) is 0 Å². The van der Waals surface area contributed by atoms with Gasteiger partial charge in [0.1, 0.15) is 0 Å². The summed E-state index contributed by atoms with van der Waals surface area (Å²) < 4.78 is 1.30. The topological polar surface area (TPSA) is 17.1 Å². The maximum atomic E-state index is 10.5. The summed E-state index contributed by atoms with van der Waals surface area (Å²) in [4.78, 5) is 11.3. The summed E-state index contributed by atoms with van der Waals surface area (Å²) >= 11 is 3.56. The smallest absolute Gasteiger partial charge is 0.160 e. The van der Waals surface area contributed by atoms with Crippen LogP contribution in [0, 0.1) is 0 Å². The zero-order chi connectivity index (χ0) is 9.10. The van der Waals surface area contributed by atoms with Crippen LogP contribution in [0.1, 0.15) is 35.4 Å². The highest BCUT2D eigenvalue weighted by atomic mass is 32.2. The molecule has 1 fully saturated rings. The monoisotopic (exact) mass is 212 g/mol. The van der Waals surface area contributed by atoms with Crippen molar-refractivity contribution < 1.29 is 4.79 Å². The number of hydrogen-bond acceptors (Lipinski definition) is 3. The number of carbonyl (C=O) groups is 1. The Labute approximate surface area is 86.5 Å². The first-order chi connectivity index (χ1) is 6.38. The van der Waals surface area contributed by atoms with Gasteiger partial charge in [-0.05, 0) is 25.0 Å². The second-order valence-corrected chi connectivity index (χ2v) is 6.01. The fourth-order valence-electron chi connectivity index (χ4n) is 1.63. The molecule has 0 aliphatic heterocycles. The number of rotatable bonds is 3. The maximum absolute atomic E-state index is 10.5. The molecule has 0 atom stereocenters. The van der Waals surface area contributed by atoms with E-state index in [2.05, 4.69) is 6.07 Å². The third kappa shape index (κ3) is 2.35. The first kappa shape index (κ1) is 9.28. The van der Waals surface area contributed by atoms with E-state index in [9.17, 15) is 4.79 Å². The number of aldehydes is 1. The summed E-state index contributed by atoms with van der Waals surface area (Å²) in [6.07, 6.45) is 6.38. The van der Waals surface area contributed by atoms with Gasteiger partial charge in [0.25, 0.3) is 0 Å². The largest absolute Gasteiger partial charge is 0.297 e. The van der Waals surface area contributed by atoms with Crippen molar-refractivity contribution in [2.75, 3.05) is 0 Å². The molecule has 1 aromatic heterocycles. The number of thiophene rings is 1. The van der Waals surface area contributed by atoms with Crippen LogP contribution < -0.4 is 0 Å². The van der Waals surface area contributed by atoms with Crippen molar-refractivity contribution in [1.82, 2.24) is 0 Å². The first-order valence-electron chi connectivity index (χ1n) is 4.60. The van der Waals surface area contributed by atoms with Crippen molar-refractivity contribution in [3.8, 4) is 0 Å². The van der Waals surface area contributed by atoms with Gasteiger partial charge < -0.3 is 0 Å². The molecule has 2 rings (SSSR count). The van der Waals surface area contributed by atoms with Gasteiger partial charge >= 0.3 is 0 Å². The summed E-state index contributed by atoms with van der Waals surface area (Å²) in [6.45, 7) is 0. The standard InChI is InChI=1S/C10H12OS2/c11-7-9-5-6-10(13-9)12-8-3-1-2-4-8/h5-8H,1-4H2. The van der Waals surface area contributed by atoms with Crippen LogP contribution in [0.5, 0.6) is 0 Å². The van der Waals surface area contributed by atoms with Crippen molar-refractivity contribution in [3.63, 3.8) is 0 Å². The van der Waals surface area contributed by atoms with Crippen LogP contribution in [0.15, 0.2) is 16.3 Å². The molecule has 0 radical (unpaired) electrons. The zero-order valence-corrected chi connectivity index (χ0v) is 9.00. The molecule has 1 aliphatic rings. The molecule has 1 aromatic rings. The van der Waals surface area contributed by atoms with Crippen molar-refractivity contribution in [1.29, 1.82) is 0 Å². The normalized spacial score (nSPS) is 17.8. The van der Waals surface area contributed by atoms with E-state index in [1.807, 2.05) is 17.8 Å². The van der Waals surface area contributed by atoms with Crippen LogP contribution in [0.2, 0.25) is 0 Å². The van der Waals surface area contributed by atoms with Crippen molar-refractivity contribution in [3.05, 3.63) is 17.0 Å². The number of carbonyl (C=O) groups excluding carboxylic acids is 1. The molecule has 13 heavy (non-hydrogen) atoms. The average molecular weight is 212 g/mol. The van der Waals surface area contributed by atoms with Crippen LogP contribution in [0.3, 0.4) is 0 Å². The van der Waals surface area contributed by atoms with E-state index in [1.165, 1.54) is 29.9 Å². The average Bonchev–Trinajstić information content (AvgIpc) is 2.76. The summed E-state index contributed by atoms with van der Waals surface area (Å²) in [7, 11) is 0. The zero-order valence-electron chi connectivity index (χ0n) is 7.36. The molecule has 70 valence electrons. The molecule has 0 N–H and O–H groups in total. The molecule has 0 amide bonds. The quantitative estimate of drug-likeness (QED) is 0.712. The lowest BCUT2D eigenvalue weighted by Gasteiger charge is -2.04. The third-order valence-electron chi connectivity index (χ3n) is 2.30. The highest BCUT2D eigenvalue weighted by Gasteiger charge is 2.16. The molecule has 1 saturated carbocycles. The fourth-order valence-corrected chi connectivity index (χ4v) is 4.12. The highest BCUT2D eigenvalue weighted by molar-refractivity contribution is 8.01. The summed E-state index contributed by atoms with van der Waals surface area (Å²) in [5.41, 5.74) is 0. The second kappa shape index (κ2) is 4.29. The summed E-state index contributed by atoms with van der Waals surface area (Å²) in [5, 5.41) is 0.804. The molecule has 3 heteroatoms. The molecular weight excluding hydrogens is 200 g/mol. The predicted molar refractivity (Wildman–Crippen MR) is 57.8 cm³/mol. The van der Waals surface area contributed by atoms with E-state index in [4.69, 9.17) is 0 Å². The van der Waals surface area contributed by atoms with E-state index < -0.39 is 0 Å². The fraction of sp³-hybridized carbons (Fsp3) is 0.500. The molecule has 0 spiro atoms. The summed E-state index contributed by atoms with van der Waals surface area (Å²) in [5.74, 6) is 0. The van der Waals surface area contributed by atoms with E-state index in [0.717, 1.165) is 16.4 Å². The lowest BCUT2D eigenvalue weighted by molar-refractivity contribution is 0.112. The number of hydrogen-bond donors (Lipinski definition) is 0. The van der Waals surface area contributed by atoms with Crippen molar-refractivity contribution in [2.24, 2.45) is 0 Å². The van der Waals surface area contributed by atoms with Crippen LogP contribution in [0.25, 0.3) is 0 Å². The van der Waals surface area contributed by atoms with E-state index in [-0.39, 0.29) is 0 Å². The van der Waals surface area contributed by atoms with Crippen molar-refractivity contribution in [2.45, 2.75) is 35.1 Å². The molecule has 0 aromatic carbocycles. The molecular formula is C10H12OS2. The molecule has 0 saturated heterocycles. The molecule has 1 heterocycles. The molecule has 1 nitrogen and oxygen atoms in total. The van der Waals surface area contributed by atoms with E-state index in [1.54, 1.807) is 11.3 Å². The Kier molecular flexibility index (Phi) is 3.06. The Balaban J connectivity index is 1.96. The first-order valence-corrected chi connectivity index (χ1v) is 6.30. The Morgan fingerprint density at radius 2 is 2.15 bits per heavy atom. The lowest BCUT2D eigenvalue weighted by atomic mass is 10.4. The van der Waals surface area contributed by atoms with E-state index in [0.29, 0.717) is 0 Å². The van der Waals surface area contributed by atoms with Crippen LogP contribution in [-0.2, 0) is 0 Å². The lowest BCUT2D eigenvalue weighted by Crippen LogP contribution is -1.90. The minimum Gasteiger partial charge on any atom is -0.297 e. The van der Waals surface area contributed by atoms with Gasteiger partial charge in [0.15, 0.2) is 6.29 Å². The Hall–Kier alpha value is -0.280. The highest BCUT2D eigenvalue weighted by Crippen LogP contribution is 2.37.